The number of nitrogens with zero attached hydrogens (tertiary/aromatic N) is 2. The first-order valence-corrected chi connectivity index (χ1v) is 20.7. The zero-order valence-corrected chi connectivity index (χ0v) is 31.3. The quantitative estimate of drug-likeness (QED) is 0.316. The maximum Gasteiger partial charge on any atom is 0.410 e. The number of benzene rings is 2. The van der Waals surface area contributed by atoms with Gasteiger partial charge in [-0.05, 0) is 75.6 Å². The summed E-state index contributed by atoms with van der Waals surface area (Å²) in [6.45, 7) is 1.78. The van der Waals surface area contributed by atoms with E-state index in [1.54, 1.807) is 31.2 Å². The van der Waals surface area contributed by atoms with Gasteiger partial charge in [0.15, 0.2) is 15.6 Å². The highest BCUT2D eigenvalue weighted by Crippen LogP contribution is 2.48. The minimum atomic E-state index is -3.35. The van der Waals surface area contributed by atoms with Crippen molar-refractivity contribution in [3.63, 3.8) is 0 Å². The van der Waals surface area contributed by atoms with E-state index in [0.717, 1.165) is 19.3 Å². The van der Waals surface area contributed by atoms with Crippen LogP contribution in [0.25, 0.3) is 0 Å². The number of carbonyl (C=O) groups excluding carboxylic acids is 4. The van der Waals surface area contributed by atoms with E-state index < -0.39 is 67.9 Å². The molecule has 3 fully saturated rings. The van der Waals surface area contributed by atoms with Gasteiger partial charge in [0.1, 0.15) is 35.4 Å². The molecule has 5 atom stereocenters. The first-order chi connectivity index (χ1) is 25.8. The van der Waals surface area contributed by atoms with Gasteiger partial charge in [-0.15, -0.1) is 0 Å². The van der Waals surface area contributed by atoms with Crippen molar-refractivity contribution in [3.8, 4) is 0 Å². The molecule has 11 nitrogen and oxygen atoms in total. The lowest BCUT2D eigenvalue weighted by Gasteiger charge is -2.30. The van der Waals surface area contributed by atoms with E-state index in [1.165, 1.54) is 28.0 Å². The number of hydrogen-bond acceptors (Lipinski definition) is 8. The highest BCUT2D eigenvalue weighted by molar-refractivity contribution is 7.93. The van der Waals surface area contributed by atoms with Crippen molar-refractivity contribution >= 4 is 39.2 Å². The fraction of sp³-hybridized carbons (Fsp3) is 0.550. The lowest BCUT2D eigenvalue weighted by atomic mass is 10.0. The number of carbonyl (C=O) groups is 4. The first-order valence-electron chi connectivity index (χ1n) is 19.1. The Morgan fingerprint density at radius 1 is 1.02 bits per heavy atom. The summed E-state index contributed by atoms with van der Waals surface area (Å²) in [6.07, 6.45) is 7.35. The molecular weight excluding hydrogens is 719 g/mol. The number of halogens is 2. The Morgan fingerprint density at radius 2 is 1.80 bits per heavy atom. The monoisotopic (exact) mass is 766 g/mol. The average molecular weight is 767 g/mol. The minimum absolute atomic E-state index is 0.0227. The van der Waals surface area contributed by atoms with Crippen LogP contribution < -0.4 is 10.6 Å². The highest BCUT2D eigenvalue weighted by atomic mass is 32.2. The Morgan fingerprint density at radius 3 is 2.56 bits per heavy atom. The molecule has 2 aliphatic carbocycles. The minimum Gasteiger partial charge on any atom is -0.444 e. The third kappa shape index (κ3) is 7.76. The van der Waals surface area contributed by atoms with Gasteiger partial charge in [-0.3, -0.25) is 19.3 Å². The van der Waals surface area contributed by atoms with Crippen LogP contribution in [0.5, 0.6) is 0 Å². The Bertz CT molecular complexity index is 1950. The summed E-state index contributed by atoms with van der Waals surface area (Å²) in [5, 5.41) is 6.04. The van der Waals surface area contributed by atoms with E-state index in [0.29, 0.717) is 43.2 Å². The van der Waals surface area contributed by atoms with Crippen molar-refractivity contribution in [2.24, 2.45) is 5.92 Å². The van der Waals surface area contributed by atoms with Crippen molar-refractivity contribution in [1.29, 1.82) is 0 Å². The van der Waals surface area contributed by atoms with Gasteiger partial charge in [-0.1, -0.05) is 49.3 Å². The molecule has 2 aromatic rings. The van der Waals surface area contributed by atoms with Gasteiger partial charge in [-0.25, -0.2) is 22.0 Å². The SMILES string of the molecule is CC1(S(=O)(=O)CCCC(=O)[C@@]23C[C@H]2/C=C\CCCCC[C@H](Nc2ccccc2F)C(=O)N2C[C@H](OC(=O)N4Cc5cccc(F)c5C4)C[C@H]2C(=O)N3)CC1. The fourth-order valence-corrected chi connectivity index (χ4v) is 9.85. The van der Waals surface area contributed by atoms with E-state index in [9.17, 15) is 36.4 Å². The summed E-state index contributed by atoms with van der Waals surface area (Å²) in [5.41, 5.74) is -0.0259. The molecule has 2 aromatic carbocycles. The van der Waals surface area contributed by atoms with Gasteiger partial charge in [0.05, 0.1) is 29.3 Å². The number of ether oxygens (including phenoxy) is 1. The number of Topliss-reactive ketones (excluding diaryl/α,β-unsaturated/α-hetero) is 1. The number of allylic oxidation sites excluding steroid dienone is 1. The van der Waals surface area contributed by atoms with E-state index in [4.69, 9.17) is 4.74 Å². The fourth-order valence-electron chi connectivity index (χ4n) is 8.11. The van der Waals surface area contributed by atoms with Crippen LogP contribution in [0.2, 0.25) is 0 Å². The van der Waals surface area contributed by atoms with Crippen LogP contribution in [0.4, 0.5) is 19.3 Å². The third-order valence-electron chi connectivity index (χ3n) is 11.9. The van der Waals surface area contributed by atoms with Gasteiger partial charge in [0.2, 0.25) is 11.8 Å². The molecule has 0 aromatic heterocycles. The van der Waals surface area contributed by atoms with Gasteiger partial charge in [0.25, 0.3) is 0 Å². The molecule has 14 heteroatoms. The molecular formula is C40H48F2N4O7S. The number of anilines is 1. The zero-order chi connectivity index (χ0) is 38.3. The topological polar surface area (TPSA) is 142 Å². The van der Waals surface area contributed by atoms with E-state index in [2.05, 4.69) is 10.6 Å². The molecule has 5 aliphatic rings. The van der Waals surface area contributed by atoms with Crippen molar-refractivity contribution in [2.75, 3.05) is 17.6 Å². The molecule has 3 aliphatic heterocycles. The summed E-state index contributed by atoms with van der Waals surface area (Å²) >= 11 is 0. The summed E-state index contributed by atoms with van der Waals surface area (Å²) in [6, 6.07) is 8.67. The summed E-state index contributed by atoms with van der Waals surface area (Å²) in [4.78, 5) is 58.8. The number of para-hydroxylation sites is 1. The van der Waals surface area contributed by atoms with E-state index in [-0.39, 0.29) is 62.0 Å². The van der Waals surface area contributed by atoms with Crippen molar-refractivity contribution in [2.45, 2.75) is 119 Å². The standard InChI is InChI=1S/C40H48F2N4O7S/c1-39(18-19-39)54(51,52)20-10-17-35(47)40-22-27(40)12-5-3-2-4-6-16-33(43-32-15-8-7-13-31(32)42)37(49)46-24-28(21-34(46)36(48)44-40)53-38(50)45-23-26-11-9-14-30(41)29(26)25-45/h5,7-9,11-15,27-28,33-34,43H,2-4,6,10,16-25H2,1H3,(H,44,48)/b12-5-/t27-,28-,33+,34+,40-/m1/s1. The Kier molecular flexibility index (Phi) is 10.6. The second-order valence-corrected chi connectivity index (χ2v) is 18.4. The molecule has 290 valence electrons. The Balaban J connectivity index is 1.12. The summed E-state index contributed by atoms with van der Waals surface area (Å²) in [7, 11) is -3.35. The van der Waals surface area contributed by atoms with Crippen LogP contribution in [-0.2, 0) is 42.0 Å². The van der Waals surface area contributed by atoms with Gasteiger partial charge in [-0.2, -0.15) is 0 Å². The van der Waals surface area contributed by atoms with Crippen molar-refractivity contribution in [1.82, 2.24) is 15.1 Å². The molecule has 7 rings (SSSR count). The smallest absolute Gasteiger partial charge is 0.410 e. The van der Waals surface area contributed by atoms with Crippen LogP contribution in [-0.4, -0.2) is 82.7 Å². The predicted octanol–water partition coefficient (Wildman–Crippen LogP) is 5.58. The van der Waals surface area contributed by atoms with Crippen molar-refractivity contribution in [3.05, 3.63) is 77.4 Å². The lowest BCUT2D eigenvalue weighted by Crippen LogP contribution is -2.55. The second-order valence-electron chi connectivity index (χ2n) is 15.8. The maximum absolute atomic E-state index is 14.8. The van der Waals surface area contributed by atoms with Crippen LogP contribution >= 0.6 is 0 Å². The number of ketones is 1. The molecule has 0 radical (unpaired) electrons. The molecule has 0 unspecified atom stereocenters. The number of amides is 3. The predicted molar refractivity (Wildman–Crippen MR) is 197 cm³/mol. The summed E-state index contributed by atoms with van der Waals surface area (Å²) < 4.78 is 60.1. The first kappa shape index (κ1) is 38.0. The Hall–Kier alpha value is -4.33. The normalized spacial score (nSPS) is 28.4. The zero-order valence-electron chi connectivity index (χ0n) is 30.5. The lowest BCUT2D eigenvalue weighted by molar-refractivity contribution is -0.140. The van der Waals surface area contributed by atoms with Gasteiger partial charge >= 0.3 is 6.09 Å². The number of fused-ring (bicyclic) bond motifs is 3. The third-order valence-corrected chi connectivity index (χ3v) is 14.7. The molecule has 2 saturated carbocycles. The Labute approximate surface area is 314 Å². The molecule has 0 bridgehead atoms. The number of sulfone groups is 1. The van der Waals surface area contributed by atoms with E-state index in [1.807, 2.05) is 12.2 Å². The van der Waals surface area contributed by atoms with Gasteiger partial charge < -0.3 is 20.3 Å². The van der Waals surface area contributed by atoms with Crippen molar-refractivity contribution < 1.29 is 41.1 Å². The molecule has 3 heterocycles. The molecule has 0 spiro atoms. The van der Waals surface area contributed by atoms with E-state index >= 15 is 0 Å². The van der Waals surface area contributed by atoms with Crippen LogP contribution in [0, 0.1) is 17.6 Å². The number of rotatable bonds is 9. The number of nitrogens with one attached hydrogen (secondary N) is 2. The molecule has 54 heavy (non-hydrogen) atoms. The summed E-state index contributed by atoms with van der Waals surface area (Å²) in [5.74, 6) is -2.65. The largest absolute Gasteiger partial charge is 0.444 e. The van der Waals surface area contributed by atoms with Crippen LogP contribution in [0.1, 0.15) is 88.7 Å². The maximum atomic E-state index is 14.8. The molecule has 3 amide bonds. The van der Waals surface area contributed by atoms with Crippen LogP contribution in [0.15, 0.2) is 54.6 Å². The average Bonchev–Trinajstić information content (AvgIpc) is 3.93. The second kappa shape index (κ2) is 15.1. The van der Waals surface area contributed by atoms with Crippen LogP contribution in [0.3, 0.4) is 0 Å². The highest BCUT2D eigenvalue weighted by Gasteiger charge is 2.60. The molecule has 1 saturated heterocycles. The number of hydrogen-bond donors (Lipinski definition) is 2. The van der Waals surface area contributed by atoms with Gasteiger partial charge in [0, 0.05) is 30.9 Å². The molecule has 2 N–H and O–H groups in total.